The maximum Gasteiger partial charge on any atom is 0.411 e. The zero-order valence-corrected chi connectivity index (χ0v) is 9.76. The molecule has 1 aromatic carbocycles. The topological polar surface area (TPSA) is 38.3 Å². The number of hydrogen-bond donors (Lipinski definition) is 1. The van der Waals surface area contributed by atoms with Crippen molar-refractivity contribution in [1.82, 2.24) is 0 Å². The number of benzene rings is 1. The summed E-state index contributed by atoms with van der Waals surface area (Å²) in [6.07, 6.45) is -0.634. The van der Waals surface area contributed by atoms with Gasteiger partial charge in [-0.15, -0.1) is 0 Å². The number of amides is 1. The van der Waals surface area contributed by atoms with Gasteiger partial charge in [0.05, 0.1) is 16.8 Å². The third-order valence-corrected chi connectivity index (χ3v) is 2.02. The second-order valence-electron chi connectivity index (χ2n) is 3.56. The molecular formula is C11H14ClNO2. The van der Waals surface area contributed by atoms with Crippen LogP contribution in [0.1, 0.15) is 19.4 Å². The van der Waals surface area contributed by atoms with Gasteiger partial charge < -0.3 is 4.74 Å². The standard InChI is InChI=1S/C11H14ClNO2/c1-7(2)15-11(14)13-10-5-4-8(3)6-9(10)12/h4-7H,1-3H3,(H,13,14). The molecular weight excluding hydrogens is 214 g/mol. The lowest BCUT2D eigenvalue weighted by Gasteiger charge is -2.10. The molecule has 0 saturated carbocycles. The van der Waals surface area contributed by atoms with E-state index in [9.17, 15) is 4.79 Å². The van der Waals surface area contributed by atoms with Crippen molar-refractivity contribution in [3.63, 3.8) is 0 Å². The van der Waals surface area contributed by atoms with E-state index in [4.69, 9.17) is 16.3 Å². The lowest BCUT2D eigenvalue weighted by atomic mass is 10.2. The van der Waals surface area contributed by atoms with Crippen molar-refractivity contribution in [1.29, 1.82) is 0 Å². The summed E-state index contributed by atoms with van der Waals surface area (Å²) < 4.78 is 4.93. The first-order chi connectivity index (χ1) is 6.99. The average Bonchev–Trinajstić information content (AvgIpc) is 2.08. The molecule has 82 valence electrons. The third kappa shape index (κ3) is 3.80. The maximum absolute atomic E-state index is 11.3. The third-order valence-electron chi connectivity index (χ3n) is 1.70. The van der Waals surface area contributed by atoms with Crippen molar-refractivity contribution in [3.8, 4) is 0 Å². The first kappa shape index (κ1) is 11.9. The predicted octanol–water partition coefficient (Wildman–Crippen LogP) is 3.61. The summed E-state index contributed by atoms with van der Waals surface area (Å²) in [7, 11) is 0. The first-order valence-corrected chi connectivity index (χ1v) is 5.10. The van der Waals surface area contributed by atoms with Crippen LogP contribution in [0.25, 0.3) is 0 Å². The van der Waals surface area contributed by atoms with Crippen LogP contribution in [0.15, 0.2) is 18.2 Å². The molecule has 0 spiro atoms. The Balaban J connectivity index is 2.68. The minimum absolute atomic E-state index is 0.144. The monoisotopic (exact) mass is 227 g/mol. The zero-order valence-electron chi connectivity index (χ0n) is 9.00. The van der Waals surface area contributed by atoms with Crippen molar-refractivity contribution < 1.29 is 9.53 Å². The van der Waals surface area contributed by atoms with E-state index in [1.54, 1.807) is 26.0 Å². The number of ether oxygens (including phenoxy) is 1. The first-order valence-electron chi connectivity index (χ1n) is 4.73. The number of carbonyl (C=O) groups is 1. The molecule has 3 nitrogen and oxygen atoms in total. The van der Waals surface area contributed by atoms with Crippen LogP contribution < -0.4 is 5.32 Å². The smallest absolute Gasteiger partial charge is 0.411 e. The van der Waals surface area contributed by atoms with Crippen LogP contribution in [0.5, 0.6) is 0 Å². The normalized spacial score (nSPS) is 10.2. The maximum atomic E-state index is 11.3. The predicted molar refractivity (Wildman–Crippen MR) is 61.4 cm³/mol. The molecule has 0 radical (unpaired) electrons. The van der Waals surface area contributed by atoms with E-state index in [0.717, 1.165) is 5.56 Å². The molecule has 1 amide bonds. The minimum atomic E-state index is -0.490. The van der Waals surface area contributed by atoms with Crippen molar-refractivity contribution in [2.75, 3.05) is 5.32 Å². The van der Waals surface area contributed by atoms with Crippen molar-refractivity contribution >= 4 is 23.4 Å². The van der Waals surface area contributed by atoms with E-state index >= 15 is 0 Å². The average molecular weight is 228 g/mol. The molecule has 1 N–H and O–H groups in total. The number of hydrogen-bond acceptors (Lipinski definition) is 2. The van der Waals surface area contributed by atoms with Gasteiger partial charge in [0.2, 0.25) is 0 Å². The summed E-state index contributed by atoms with van der Waals surface area (Å²) in [4.78, 5) is 11.3. The summed E-state index contributed by atoms with van der Waals surface area (Å²) in [6, 6.07) is 5.41. The van der Waals surface area contributed by atoms with Gasteiger partial charge in [-0.2, -0.15) is 0 Å². The quantitative estimate of drug-likeness (QED) is 0.838. The fourth-order valence-corrected chi connectivity index (χ4v) is 1.36. The van der Waals surface area contributed by atoms with Crippen molar-refractivity contribution in [3.05, 3.63) is 28.8 Å². The largest absolute Gasteiger partial charge is 0.447 e. The molecule has 0 atom stereocenters. The molecule has 0 aliphatic carbocycles. The summed E-state index contributed by atoms with van der Waals surface area (Å²) in [5.74, 6) is 0. The Labute approximate surface area is 94.4 Å². The van der Waals surface area contributed by atoms with E-state index in [0.29, 0.717) is 10.7 Å². The highest BCUT2D eigenvalue weighted by atomic mass is 35.5. The molecule has 1 aromatic rings. The fraction of sp³-hybridized carbons (Fsp3) is 0.364. The summed E-state index contributed by atoms with van der Waals surface area (Å²) in [6.45, 7) is 5.51. The highest BCUT2D eigenvalue weighted by Gasteiger charge is 2.07. The van der Waals surface area contributed by atoms with Gasteiger partial charge in [-0.25, -0.2) is 4.79 Å². The molecule has 4 heteroatoms. The fourth-order valence-electron chi connectivity index (χ4n) is 1.08. The summed E-state index contributed by atoms with van der Waals surface area (Å²) >= 11 is 5.94. The second kappa shape index (κ2) is 5.03. The van der Waals surface area contributed by atoms with E-state index in [-0.39, 0.29) is 6.10 Å². The number of carbonyl (C=O) groups excluding carboxylic acids is 1. The van der Waals surface area contributed by atoms with Gasteiger partial charge in [0.1, 0.15) is 0 Å². The van der Waals surface area contributed by atoms with Crippen LogP contribution in [0.2, 0.25) is 5.02 Å². The lowest BCUT2D eigenvalue weighted by Crippen LogP contribution is -2.18. The van der Waals surface area contributed by atoms with Crippen LogP contribution >= 0.6 is 11.6 Å². The summed E-state index contributed by atoms with van der Waals surface area (Å²) in [5, 5.41) is 3.09. The van der Waals surface area contributed by atoms with Gasteiger partial charge in [-0.3, -0.25) is 5.32 Å². The number of rotatable bonds is 2. The summed E-state index contributed by atoms with van der Waals surface area (Å²) in [5.41, 5.74) is 1.61. The Hall–Kier alpha value is -1.22. The van der Waals surface area contributed by atoms with Gasteiger partial charge in [0.25, 0.3) is 0 Å². The van der Waals surface area contributed by atoms with Crippen molar-refractivity contribution in [2.45, 2.75) is 26.9 Å². The van der Waals surface area contributed by atoms with Crippen molar-refractivity contribution in [2.24, 2.45) is 0 Å². The Kier molecular flexibility index (Phi) is 3.97. The molecule has 0 unspecified atom stereocenters. The Bertz CT molecular complexity index is 364. The van der Waals surface area contributed by atoms with Gasteiger partial charge >= 0.3 is 6.09 Å². The second-order valence-corrected chi connectivity index (χ2v) is 3.97. The lowest BCUT2D eigenvalue weighted by molar-refractivity contribution is 0.130. The highest BCUT2D eigenvalue weighted by Crippen LogP contribution is 2.22. The number of aryl methyl sites for hydroxylation is 1. The van der Waals surface area contributed by atoms with Gasteiger partial charge in [-0.1, -0.05) is 17.7 Å². The highest BCUT2D eigenvalue weighted by molar-refractivity contribution is 6.33. The molecule has 0 aliphatic heterocycles. The van der Waals surface area contributed by atoms with E-state index < -0.39 is 6.09 Å². The molecule has 0 fully saturated rings. The Morgan fingerprint density at radius 1 is 1.47 bits per heavy atom. The van der Waals surface area contributed by atoms with Gasteiger partial charge in [0.15, 0.2) is 0 Å². The van der Waals surface area contributed by atoms with Gasteiger partial charge in [0, 0.05) is 0 Å². The molecule has 15 heavy (non-hydrogen) atoms. The molecule has 0 bridgehead atoms. The zero-order chi connectivity index (χ0) is 11.4. The van der Waals surface area contributed by atoms with E-state index in [2.05, 4.69) is 5.32 Å². The van der Waals surface area contributed by atoms with Crippen LogP contribution in [0, 0.1) is 6.92 Å². The Morgan fingerprint density at radius 3 is 2.67 bits per heavy atom. The van der Waals surface area contributed by atoms with Gasteiger partial charge in [-0.05, 0) is 38.5 Å². The number of halogens is 1. The number of anilines is 1. The van der Waals surface area contributed by atoms with Crippen LogP contribution in [0.4, 0.5) is 10.5 Å². The number of nitrogens with one attached hydrogen (secondary N) is 1. The van der Waals surface area contributed by atoms with Crippen LogP contribution in [0.3, 0.4) is 0 Å². The molecule has 0 aromatic heterocycles. The SMILES string of the molecule is Cc1ccc(NC(=O)OC(C)C)c(Cl)c1. The van der Waals surface area contributed by atoms with E-state index in [1.807, 2.05) is 13.0 Å². The minimum Gasteiger partial charge on any atom is -0.447 e. The molecule has 0 saturated heterocycles. The van der Waals surface area contributed by atoms with E-state index in [1.165, 1.54) is 0 Å². The molecule has 0 heterocycles. The molecule has 0 aliphatic rings. The van der Waals surface area contributed by atoms with Crippen LogP contribution in [-0.4, -0.2) is 12.2 Å². The van der Waals surface area contributed by atoms with Crippen LogP contribution in [-0.2, 0) is 4.74 Å². The molecule has 1 rings (SSSR count). The Morgan fingerprint density at radius 2 is 2.13 bits per heavy atom.